The molecule has 0 heterocycles. The van der Waals surface area contributed by atoms with E-state index < -0.39 is 5.54 Å². The highest BCUT2D eigenvalue weighted by molar-refractivity contribution is 5.85. The van der Waals surface area contributed by atoms with Crippen molar-refractivity contribution in [3.63, 3.8) is 0 Å². The number of carbonyl (C=O) groups excluding carboxylic acids is 1. The van der Waals surface area contributed by atoms with E-state index in [0.717, 1.165) is 19.5 Å². The molecule has 0 aliphatic heterocycles. The zero-order valence-corrected chi connectivity index (χ0v) is 14.4. The monoisotopic (exact) mass is 305 g/mol. The zero-order chi connectivity index (χ0) is 16.6. The number of nitrogens with two attached hydrogens (primary N) is 1. The van der Waals surface area contributed by atoms with Crippen LogP contribution < -0.4 is 11.1 Å². The predicted octanol–water partition coefficient (Wildman–Crippen LogP) is 2.70. The van der Waals surface area contributed by atoms with Crippen LogP contribution in [0.3, 0.4) is 0 Å². The Morgan fingerprint density at radius 3 is 2.32 bits per heavy atom. The average molecular weight is 305 g/mol. The minimum atomic E-state index is -0.792. The Hall–Kier alpha value is -1.39. The normalized spacial score (nSPS) is 15.4. The largest absolute Gasteiger partial charge is 0.353 e. The third-order valence-electron chi connectivity index (χ3n) is 4.18. The molecular formula is C18H31N3O. The van der Waals surface area contributed by atoms with Gasteiger partial charge in [0, 0.05) is 6.54 Å². The fourth-order valence-electron chi connectivity index (χ4n) is 2.82. The minimum absolute atomic E-state index is 0.0672. The maximum absolute atomic E-state index is 12.3. The first-order chi connectivity index (χ1) is 10.5. The summed E-state index contributed by atoms with van der Waals surface area (Å²) in [6.07, 6.45) is 1.60. The molecule has 1 aromatic carbocycles. The van der Waals surface area contributed by atoms with Crippen molar-refractivity contribution in [1.29, 1.82) is 0 Å². The molecule has 0 saturated heterocycles. The van der Waals surface area contributed by atoms with Crippen molar-refractivity contribution < 1.29 is 4.79 Å². The van der Waals surface area contributed by atoms with Crippen molar-refractivity contribution in [2.75, 3.05) is 19.6 Å². The molecule has 0 fully saturated rings. The van der Waals surface area contributed by atoms with E-state index in [1.54, 1.807) is 6.92 Å². The second kappa shape index (κ2) is 8.91. The van der Waals surface area contributed by atoms with Crippen LogP contribution in [0, 0.1) is 0 Å². The van der Waals surface area contributed by atoms with Crippen molar-refractivity contribution in [3.05, 3.63) is 35.9 Å². The average Bonchev–Trinajstić information content (AvgIpc) is 2.51. The van der Waals surface area contributed by atoms with Gasteiger partial charge in [-0.25, -0.2) is 0 Å². The van der Waals surface area contributed by atoms with Crippen LogP contribution >= 0.6 is 0 Å². The van der Waals surface area contributed by atoms with Gasteiger partial charge < -0.3 is 11.1 Å². The van der Waals surface area contributed by atoms with Crippen LogP contribution in [0.4, 0.5) is 0 Å². The summed E-state index contributed by atoms with van der Waals surface area (Å²) >= 11 is 0. The summed E-state index contributed by atoms with van der Waals surface area (Å²) in [7, 11) is 0. The Morgan fingerprint density at radius 1 is 1.23 bits per heavy atom. The molecule has 1 aromatic rings. The summed E-state index contributed by atoms with van der Waals surface area (Å²) < 4.78 is 0. The Kier molecular flexibility index (Phi) is 7.56. The van der Waals surface area contributed by atoms with Gasteiger partial charge in [-0.05, 0) is 32.0 Å². The number of hydrogen-bond donors (Lipinski definition) is 2. The van der Waals surface area contributed by atoms with Gasteiger partial charge in [0.2, 0.25) is 5.91 Å². The lowest BCUT2D eigenvalue weighted by molar-refractivity contribution is -0.126. The third kappa shape index (κ3) is 5.11. The Labute approximate surface area is 135 Å². The van der Waals surface area contributed by atoms with Crippen LogP contribution in [0.15, 0.2) is 30.3 Å². The predicted molar refractivity (Wildman–Crippen MR) is 92.6 cm³/mol. The highest BCUT2D eigenvalue weighted by atomic mass is 16.2. The van der Waals surface area contributed by atoms with E-state index in [1.807, 2.05) is 25.1 Å². The van der Waals surface area contributed by atoms with Crippen LogP contribution in [0.2, 0.25) is 0 Å². The van der Waals surface area contributed by atoms with Gasteiger partial charge in [0.1, 0.15) is 0 Å². The molecule has 0 aliphatic carbocycles. The highest BCUT2D eigenvalue weighted by Crippen LogP contribution is 2.20. The Bertz CT molecular complexity index is 441. The summed E-state index contributed by atoms with van der Waals surface area (Å²) in [6.45, 7) is 10.6. The molecule has 0 aliphatic rings. The molecule has 0 aromatic heterocycles. The van der Waals surface area contributed by atoms with Crippen LogP contribution in [0.1, 0.15) is 52.1 Å². The minimum Gasteiger partial charge on any atom is -0.353 e. The Morgan fingerprint density at radius 2 is 1.82 bits per heavy atom. The van der Waals surface area contributed by atoms with Gasteiger partial charge in [0.15, 0.2) is 0 Å². The molecule has 0 spiro atoms. The van der Waals surface area contributed by atoms with E-state index in [9.17, 15) is 4.79 Å². The number of likely N-dealkylation sites (N-methyl/N-ethyl adjacent to an activating group) is 1. The van der Waals surface area contributed by atoms with E-state index in [1.165, 1.54) is 5.56 Å². The number of nitrogens with zero attached hydrogens (tertiary/aromatic N) is 1. The van der Waals surface area contributed by atoms with Crippen molar-refractivity contribution in [2.45, 2.75) is 52.1 Å². The molecule has 1 amide bonds. The van der Waals surface area contributed by atoms with Gasteiger partial charge in [-0.3, -0.25) is 9.69 Å². The van der Waals surface area contributed by atoms with Gasteiger partial charge in [-0.15, -0.1) is 0 Å². The number of hydrogen-bond acceptors (Lipinski definition) is 3. The molecule has 4 heteroatoms. The second-order valence-electron chi connectivity index (χ2n) is 6.03. The number of rotatable bonds is 9. The van der Waals surface area contributed by atoms with Crippen LogP contribution in [0.5, 0.6) is 0 Å². The summed E-state index contributed by atoms with van der Waals surface area (Å²) in [5, 5.41) is 3.05. The molecule has 3 N–H and O–H groups in total. The molecule has 22 heavy (non-hydrogen) atoms. The van der Waals surface area contributed by atoms with Crippen molar-refractivity contribution >= 4 is 5.91 Å². The summed E-state index contributed by atoms with van der Waals surface area (Å²) in [5.74, 6) is -0.0672. The lowest BCUT2D eigenvalue weighted by Gasteiger charge is -2.32. The molecule has 4 nitrogen and oxygen atoms in total. The lowest BCUT2D eigenvalue weighted by Crippen LogP contribution is -2.53. The van der Waals surface area contributed by atoms with Gasteiger partial charge in [-0.1, -0.05) is 57.5 Å². The van der Waals surface area contributed by atoms with E-state index in [4.69, 9.17) is 5.73 Å². The standard InChI is InChI=1S/C18H31N3O/c1-5-13-18(4,19)17(22)20-14-16(21(6-2)7-3)15-11-9-8-10-12-15/h8-12,16H,5-7,13-14,19H2,1-4H3,(H,20,22). The SMILES string of the molecule is CCCC(C)(N)C(=O)NCC(c1ccccc1)N(CC)CC. The first kappa shape index (κ1) is 18.7. The molecule has 1 rings (SSSR count). The van der Waals surface area contributed by atoms with Gasteiger partial charge in [0.05, 0.1) is 11.6 Å². The molecule has 0 radical (unpaired) electrons. The number of amides is 1. The van der Waals surface area contributed by atoms with Gasteiger partial charge in [-0.2, -0.15) is 0 Å². The number of nitrogens with one attached hydrogen (secondary N) is 1. The highest BCUT2D eigenvalue weighted by Gasteiger charge is 2.28. The van der Waals surface area contributed by atoms with E-state index in [-0.39, 0.29) is 11.9 Å². The number of benzene rings is 1. The topological polar surface area (TPSA) is 58.4 Å². The summed E-state index contributed by atoms with van der Waals surface area (Å²) in [6, 6.07) is 10.5. The molecule has 0 bridgehead atoms. The molecule has 2 atom stereocenters. The maximum Gasteiger partial charge on any atom is 0.239 e. The van der Waals surface area contributed by atoms with Crippen molar-refractivity contribution in [3.8, 4) is 0 Å². The van der Waals surface area contributed by atoms with Crippen molar-refractivity contribution in [2.24, 2.45) is 5.73 Å². The van der Waals surface area contributed by atoms with E-state index >= 15 is 0 Å². The quantitative estimate of drug-likeness (QED) is 0.737. The first-order valence-corrected chi connectivity index (χ1v) is 8.32. The van der Waals surface area contributed by atoms with Crippen LogP contribution in [0.25, 0.3) is 0 Å². The Balaban J connectivity index is 2.80. The molecular weight excluding hydrogens is 274 g/mol. The summed E-state index contributed by atoms with van der Waals surface area (Å²) in [5.41, 5.74) is 6.54. The second-order valence-corrected chi connectivity index (χ2v) is 6.03. The van der Waals surface area contributed by atoms with Crippen LogP contribution in [-0.2, 0) is 4.79 Å². The van der Waals surface area contributed by atoms with E-state index in [2.05, 4.69) is 36.2 Å². The fourth-order valence-corrected chi connectivity index (χ4v) is 2.82. The molecule has 124 valence electrons. The smallest absolute Gasteiger partial charge is 0.239 e. The zero-order valence-electron chi connectivity index (χ0n) is 14.4. The van der Waals surface area contributed by atoms with Gasteiger partial charge in [0.25, 0.3) is 0 Å². The number of carbonyl (C=O) groups is 1. The summed E-state index contributed by atoms with van der Waals surface area (Å²) in [4.78, 5) is 14.7. The third-order valence-corrected chi connectivity index (χ3v) is 4.18. The fraction of sp³-hybridized carbons (Fsp3) is 0.611. The van der Waals surface area contributed by atoms with E-state index in [0.29, 0.717) is 13.0 Å². The lowest BCUT2D eigenvalue weighted by atomic mass is 9.96. The first-order valence-electron chi connectivity index (χ1n) is 8.32. The maximum atomic E-state index is 12.3. The van der Waals surface area contributed by atoms with Gasteiger partial charge >= 0.3 is 0 Å². The molecule has 0 saturated carbocycles. The van der Waals surface area contributed by atoms with Crippen molar-refractivity contribution in [1.82, 2.24) is 10.2 Å². The molecule has 2 unspecified atom stereocenters. The van der Waals surface area contributed by atoms with Crippen LogP contribution in [-0.4, -0.2) is 36.0 Å².